The molecule has 4 heteroatoms. The Balaban J connectivity index is 4.24. The number of hydrogen-bond donors (Lipinski definition) is 2. The van der Waals surface area contributed by atoms with E-state index >= 15 is 0 Å². The van der Waals surface area contributed by atoms with Gasteiger partial charge in [0.15, 0.2) is 0 Å². The maximum Gasteiger partial charge on any atom is 0.104 e. The lowest BCUT2D eigenvalue weighted by molar-refractivity contribution is 0.312. The standard InChI is InChI=1S/C7H14N2O2/c1-3-5-7(9-11)6(4-2)8-10/h10-11H,3-5H2,1-2H3/b8-6-,9-7-. The average molecular weight is 158 g/mol. The largest absolute Gasteiger partial charge is 0.411 e. The lowest BCUT2D eigenvalue weighted by atomic mass is 10.1. The fraction of sp³-hybridized carbons (Fsp3) is 0.714. The van der Waals surface area contributed by atoms with Crippen LogP contribution < -0.4 is 0 Å². The van der Waals surface area contributed by atoms with Gasteiger partial charge in [0.05, 0.1) is 0 Å². The Hall–Kier alpha value is -1.06. The Kier molecular flexibility index (Phi) is 5.15. The molecular formula is C7H14N2O2. The Labute approximate surface area is 66.2 Å². The molecule has 0 fully saturated rings. The summed E-state index contributed by atoms with van der Waals surface area (Å²) in [4.78, 5) is 0. The van der Waals surface area contributed by atoms with Gasteiger partial charge in [-0.3, -0.25) is 0 Å². The molecule has 0 spiro atoms. The van der Waals surface area contributed by atoms with Crippen LogP contribution in [0.15, 0.2) is 10.3 Å². The van der Waals surface area contributed by atoms with Crippen molar-refractivity contribution in [3.63, 3.8) is 0 Å². The highest BCUT2D eigenvalue weighted by molar-refractivity contribution is 6.41. The second-order valence-corrected chi connectivity index (χ2v) is 2.20. The van der Waals surface area contributed by atoms with Gasteiger partial charge in [0, 0.05) is 0 Å². The van der Waals surface area contributed by atoms with E-state index in [4.69, 9.17) is 10.4 Å². The van der Waals surface area contributed by atoms with Crippen molar-refractivity contribution >= 4 is 11.4 Å². The summed E-state index contributed by atoms with van der Waals surface area (Å²) < 4.78 is 0. The molecule has 0 aliphatic carbocycles. The quantitative estimate of drug-likeness (QED) is 0.372. The zero-order chi connectivity index (χ0) is 8.69. The molecule has 0 aliphatic heterocycles. The summed E-state index contributed by atoms with van der Waals surface area (Å²) in [6, 6.07) is 0. The van der Waals surface area contributed by atoms with Gasteiger partial charge in [-0.05, 0) is 12.8 Å². The summed E-state index contributed by atoms with van der Waals surface area (Å²) in [7, 11) is 0. The van der Waals surface area contributed by atoms with E-state index in [2.05, 4.69) is 10.3 Å². The molecule has 0 saturated carbocycles. The molecule has 11 heavy (non-hydrogen) atoms. The van der Waals surface area contributed by atoms with E-state index in [9.17, 15) is 0 Å². The number of rotatable bonds is 4. The maximum atomic E-state index is 8.49. The monoisotopic (exact) mass is 158 g/mol. The average Bonchev–Trinajstić information content (AvgIpc) is 2.05. The molecule has 0 radical (unpaired) electrons. The van der Waals surface area contributed by atoms with Gasteiger partial charge in [0.1, 0.15) is 11.4 Å². The van der Waals surface area contributed by atoms with Gasteiger partial charge in [0.25, 0.3) is 0 Å². The third-order valence-electron chi connectivity index (χ3n) is 1.40. The predicted octanol–water partition coefficient (Wildman–Crippen LogP) is 1.86. The van der Waals surface area contributed by atoms with Gasteiger partial charge in [-0.25, -0.2) is 0 Å². The van der Waals surface area contributed by atoms with Crippen LogP contribution in [0.2, 0.25) is 0 Å². The highest BCUT2D eigenvalue weighted by Crippen LogP contribution is 1.98. The second kappa shape index (κ2) is 5.70. The number of oxime groups is 2. The van der Waals surface area contributed by atoms with E-state index in [-0.39, 0.29) is 0 Å². The van der Waals surface area contributed by atoms with Crippen molar-refractivity contribution in [2.75, 3.05) is 0 Å². The van der Waals surface area contributed by atoms with Crippen LogP contribution in [0.5, 0.6) is 0 Å². The summed E-state index contributed by atoms with van der Waals surface area (Å²) in [5.74, 6) is 0. The highest BCUT2D eigenvalue weighted by Gasteiger charge is 2.06. The van der Waals surface area contributed by atoms with Crippen LogP contribution in [0.4, 0.5) is 0 Å². The fourth-order valence-corrected chi connectivity index (χ4v) is 0.821. The Morgan fingerprint density at radius 3 is 1.91 bits per heavy atom. The summed E-state index contributed by atoms with van der Waals surface area (Å²) in [5.41, 5.74) is 0.923. The van der Waals surface area contributed by atoms with Crippen molar-refractivity contribution in [1.82, 2.24) is 0 Å². The zero-order valence-electron chi connectivity index (χ0n) is 6.91. The Morgan fingerprint density at radius 1 is 1.09 bits per heavy atom. The van der Waals surface area contributed by atoms with Crippen molar-refractivity contribution in [3.8, 4) is 0 Å². The SMILES string of the molecule is CCCC(=N/O)/C(CC)=N\O. The molecule has 0 heterocycles. The summed E-state index contributed by atoms with van der Waals surface area (Å²) in [5, 5.41) is 23.0. The van der Waals surface area contributed by atoms with Gasteiger partial charge < -0.3 is 10.4 Å². The van der Waals surface area contributed by atoms with Gasteiger partial charge in [-0.15, -0.1) is 0 Å². The Bertz CT molecular complexity index is 164. The molecule has 0 unspecified atom stereocenters. The first kappa shape index (κ1) is 9.94. The van der Waals surface area contributed by atoms with Crippen LogP contribution in [0.1, 0.15) is 33.1 Å². The molecule has 0 aromatic rings. The first-order chi connectivity index (χ1) is 5.29. The second-order valence-electron chi connectivity index (χ2n) is 2.20. The van der Waals surface area contributed by atoms with Crippen LogP contribution in [-0.4, -0.2) is 21.8 Å². The highest BCUT2D eigenvalue weighted by atomic mass is 16.4. The number of hydrogen-bond acceptors (Lipinski definition) is 4. The molecular weight excluding hydrogens is 144 g/mol. The third kappa shape index (κ3) is 3.02. The van der Waals surface area contributed by atoms with Gasteiger partial charge >= 0.3 is 0 Å². The zero-order valence-corrected chi connectivity index (χ0v) is 6.91. The molecule has 0 aliphatic rings. The third-order valence-corrected chi connectivity index (χ3v) is 1.40. The lowest BCUT2D eigenvalue weighted by Crippen LogP contribution is -2.12. The van der Waals surface area contributed by atoms with Crippen molar-refractivity contribution < 1.29 is 10.4 Å². The molecule has 0 amide bonds. The van der Waals surface area contributed by atoms with E-state index < -0.39 is 0 Å². The summed E-state index contributed by atoms with van der Waals surface area (Å²) >= 11 is 0. The van der Waals surface area contributed by atoms with E-state index in [1.165, 1.54) is 0 Å². The van der Waals surface area contributed by atoms with Crippen LogP contribution in [0, 0.1) is 0 Å². The van der Waals surface area contributed by atoms with E-state index in [1.807, 2.05) is 13.8 Å². The molecule has 2 N–H and O–H groups in total. The topological polar surface area (TPSA) is 65.2 Å². The first-order valence-electron chi connectivity index (χ1n) is 3.72. The van der Waals surface area contributed by atoms with E-state index in [1.54, 1.807) is 0 Å². The molecule has 64 valence electrons. The van der Waals surface area contributed by atoms with Crippen molar-refractivity contribution in [3.05, 3.63) is 0 Å². The minimum Gasteiger partial charge on any atom is -0.411 e. The molecule has 0 bridgehead atoms. The van der Waals surface area contributed by atoms with Gasteiger partial charge in [-0.2, -0.15) is 0 Å². The molecule has 4 nitrogen and oxygen atoms in total. The fourth-order valence-electron chi connectivity index (χ4n) is 0.821. The number of nitrogens with zero attached hydrogens (tertiary/aromatic N) is 2. The van der Waals surface area contributed by atoms with Gasteiger partial charge in [0.2, 0.25) is 0 Å². The molecule has 0 rings (SSSR count). The normalized spacial score (nSPS) is 13.6. The first-order valence-corrected chi connectivity index (χ1v) is 3.72. The van der Waals surface area contributed by atoms with Crippen LogP contribution in [0.25, 0.3) is 0 Å². The minimum absolute atomic E-state index is 0.453. The van der Waals surface area contributed by atoms with Crippen LogP contribution in [0.3, 0.4) is 0 Å². The molecule has 0 saturated heterocycles. The summed E-state index contributed by atoms with van der Waals surface area (Å²) in [6.07, 6.45) is 2.10. The lowest BCUT2D eigenvalue weighted by Gasteiger charge is -2.00. The summed E-state index contributed by atoms with van der Waals surface area (Å²) in [6.45, 7) is 3.81. The van der Waals surface area contributed by atoms with Crippen LogP contribution in [-0.2, 0) is 0 Å². The Morgan fingerprint density at radius 2 is 1.64 bits per heavy atom. The van der Waals surface area contributed by atoms with E-state index in [0.717, 1.165) is 6.42 Å². The molecule has 0 aromatic heterocycles. The van der Waals surface area contributed by atoms with Crippen molar-refractivity contribution in [2.24, 2.45) is 10.3 Å². The minimum atomic E-state index is 0.453. The smallest absolute Gasteiger partial charge is 0.104 e. The van der Waals surface area contributed by atoms with Crippen molar-refractivity contribution in [2.45, 2.75) is 33.1 Å². The van der Waals surface area contributed by atoms with E-state index in [0.29, 0.717) is 24.3 Å². The molecule has 0 atom stereocenters. The van der Waals surface area contributed by atoms with Crippen LogP contribution >= 0.6 is 0 Å². The maximum absolute atomic E-state index is 8.49. The van der Waals surface area contributed by atoms with Gasteiger partial charge in [-0.1, -0.05) is 30.6 Å². The predicted molar refractivity (Wildman–Crippen MR) is 43.6 cm³/mol. The van der Waals surface area contributed by atoms with Crippen molar-refractivity contribution in [1.29, 1.82) is 0 Å². The molecule has 0 aromatic carbocycles.